The first-order chi connectivity index (χ1) is 9.33. The summed E-state index contributed by atoms with van der Waals surface area (Å²) in [6.07, 6.45) is 2.11. The van der Waals surface area contributed by atoms with E-state index in [1.165, 1.54) is 0 Å². The highest BCUT2D eigenvalue weighted by atomic mass is 79.9. The predicted octanol–water partition coefficient (Wildman–Crippen LogP) is 1.59. The highest BCUT2D eigenvalue weighted by molar-refractivity contribution is 9.10. The summed E-state index contributed by atoms with van der Waals surface area (Å²) >= 11 is 2.92. The van der Waals surface area contributed by atoms with Crippen LogP contribution in [0.2, 0.25) is 0 Å². The van der Waals surface area contributed by atoms with Crippen LogP contribution < -0.4 is 4.72 Å². The van der Waals surface area contributed by atoms with E-state index in [0.29, 0.717) is 12.8 Å². The van der Waals surface area contributed by atoms with E-state index in [4.69, 9.17) is 14.3 Å². The maximum atomic E-state index is 12.2. The van der Waals surface area contributed by atoms with Crippen molar-refractivity contribution in [1.29, 1.82) is 0 Å². The molecule has 1 aromatic heterocycles. The minimum Gasteiger partial charge on any atom is -0.475 e. The number of furan rings is 1. The number of carboxylic acids is 1. The van der Waals surface area contributed by atoms with Gasteiger partial charge in [-0.05, 0) is 35.2 Å². The van der Waals surface area contributed by atoms with E-state index in [9.17, 15) is 13.2 Å². The van der Waals surface area contributed by atoms with Crippen LogP contribution in [0, 0.1) is 0 Å². The molecule has 2 unspecified atom stereocenters. The average Bonchev–Trinajstić information content (AvgIpc) is 2.95. The van der Waals surface area contributed by atoms with Crippen LogP contribution in [0.25, 0.3) is 0 Å². The third-order valence-corrected chi connectivity index (χ3v) is 5.57. The topological polar surface area (TPSA) is 106 Å². The minimum absolute atomic E-state index is 0.0464. The molecule has 1 heterocycles. The van der Waals surface area contributed by atoms with Gasteiger partial charge in [-0.3, -0.25) is 0 Å². The second-order valence-corrected chi connectivity index (χ2v) is 6.95. The highest BCUT2D eigenvalue weighted by Gasteiger charge is 2.31. The molecule has 2 rings (SSSR count). The summed E-state index contributed by atoms with van der Waals surface area (Å²) < 4.78 is 36.8. The number of ether oxygens (including phenoxy) is 1. The maximum Gasteiger partial charge on any atom is 0.371 e. The van der Waals surface area contributed by atoms with Crippen LogP contribution in [0.5, 0.6) is 0 Å². The molecule has 20 heavy (non-hydrogen) atoms. The zero-order chi connectivity index (χ0) is 14.9. The van der Waals surface area contributed by atoms with Crippen molar-refractivity contribution < 1.29 is 27.5 Å². The molecular weight excluding hydrogens is 354 g/mol. The van der Waals surface area contributed by atoms with Crippen molar-refractivity contribution in [3.05, 3.63) is 16.5 Å². The van der Waals surface area contributed by atoms with Crippen LogP contribution in [0.3, 0.4) is 0 Å². The van der Waals surface area contributed by atoms with Gasteiger partial charge in [-0.25, -0.2) is 17.9 Å². The van der Waals surface area contributed by atoms with Crippen molar-refractivity contribution >= 4 is 31.9 Å². The summed E-state index contributed by atoms with van der Waals surface area (Å²) in [6, 6.07) is 0.761. The van der Waals surface area contributed by atoms with Crippen LogP contribution in [0.15, 0.2) is 20.0 Å². The molecule has 0 spiro atoms. The van der Waals surface area contributed by atoms with Gasteiger partial charge in [-0.1, -0.05) is 0 Å². The quantitative estimate of drug-likeness (QED) is 0.818. The van der Waals surface area contributed by atoms with Crippen molar-refractivity contribution in [3.8, 4) is 0 Å². The fraction of sp³-hybridized carbons (Fsp3) is 0.545. The summed E-state index contributed by atoms with van der Waals surface area (Å²) in [5.41, 5.74) is 0. The van der Waals surface area contributed by atoms with E-state index in [1.54, 1.807) is 7.11 Å². The maximum absolute atomic E-state index is 12.2. The van der Waals surface area contributed by atoms with E-state index in [0.717, 1.165) is 12.5 Å². The molecule has 1 saturated carbocycles. The number of halogens is 1. The molecule has 0 amide bonds. The van der Waals surface area contributed by atoms with Gasteiger partial charge in [0.2, 0.25) is 15.8 Å². The van der Waals surface area contributed by atoms with E-state index < -0.39 is 21.8 Å². The molecule has 0 bridgehead atoms. The van der Waals surface area contributed by atoms with E-state index in [1.807, 2.05) is 0 Å². The number of methoxy groups -OCH3 is 1. The lowest BCUT2D eigenvalue weighted by molar-refractivity contribution is 0.0661. The summed E-state index contributed by atoms with van der Waals surface area (Å²) in [4.78, 5) is 10.6. The summed E-state index contributed by atoms with van der Waals surface area (Å²) in [7, 11) is -2.24. The second-order valence-electron chi connectivity index (χ2n) is 4.54. The normalized spacial score (nSPS) is 23.1. The largest absolute Gasteiger partial charge is 0.475 e. The highest BCUT2D eigenvalue weighted by Crippen LogP contribution is 2.28. The van der Waals surface area contributed by atoms with Crippen molar-refractivity contribution in [2.75, 3.05) is 7.11 Å². The molecule has 0 aromatic carbocycles. The smallest absolute Gasteiger partial charge is 0.371 e. The zero-order valence-electron chi connectivity index (χ0n) is 10.6. The molecule has 1 aromatic rings. The Hall–Kier alpha value is -0.900. The predicted molar refractivity (Wildman–Crippen MR) is 72.1 cm³/mol. The first-order valence-corrected chi connectivity index (χ1v) is 8.19. The van der Waals surface area contributed by atoms with Crippen molar-refractivity contribution in [2.45, 2.75) is 36.3 Å². The van der Waals surface area contributed by atoms with Gasteiger partial charge in [0.25, 0.3) is 0 Å². The van der Waals surface area contributed by atoms with Crippen LogP contribution in [-0.4, -0.2) is 38.7 Å². The lowest BCUT2D eigenvalue weighted by atomic mass is 10.3. The third kappa shape index (κ3) is 3.22. The third-order valence-electron chi connectivity index (χ3n) is 3.20. The Balaban J connectivity index is 2.17. The Bertz CT molecular complexity index is 610. The van der Waals surface area contributed by atoms with Gasteiger partial charge in [0.15, 0.2) is 4.67 Å². The Kier molecular flexibility index (Phi) is 4.52. The molecule has 1 fully saturated rings. The molecule has 2 atom stereocenters. The summed E-state index contributed by atoms with van der Waals surface area (Å²) in [5.74, 6) is -1.76. The number of carboxylic acid groups (broad SMARTS) is 1. The van der Waals surface area contributed by atoms with Crippen molar-refractivity contribution in [3.63, 3.8) is 0 Å². The molecule has 7 nitrogen and oxygen atoms in total. The van der Waals surface area contributed by atoms with Gasteiger partial charge in [0.1, 0.15) is 4.90 Å². The number of aromatic carboxylic acids is 1. The zero-order valence-corrected chi connectivity index (χ0v) is 13.0. The number of sulfonamides is 1. The molecular formula is C11H14BrNO6S. The Morgan fingerprint density at radius 3 is 2.75 bits per heavy atom. The molecule has 0 saturated heterocycles. The van der Waals surface area contributed by atoms with Crippen LogP contribution in [0.1, 0.15) is 29.8 Å². The van der Waals surface area contributed by atoms with E-state index in [2.05, 4.69) is 20.7 Å². The molecule has 112 valence electrons. The van der Waals surface area contributed by atoms with Gasteiger partial charge in [0.05, 0.1) is 6.10 Å². The first kappa shape index (κ1) is 15.5. The minimum atomic E-state index is -3.83. The molecule has 9 heteroatoms. The monoisotopic (exact) mass is 367 g/mol. The van der Waals surface area contributed by atoms with Gasteiger partial charge in [-0.2, -0.15) is 0 Å². The van der Waals surface area contributed by atoms with Crippen LogP contribution in [0.4, 0.5) is 0 Å². The van der Waals surface area contributed by atoms with Gasteiger partial charge >= 0.3 is 5.97 Å². The molecule has 1 aliphatic carbocycles. The van der Waals surface area contributed by atoms with Crippen molar-refractivity contribution in [2.24, 2.45) is 0 Å². The second kappa shape index (κ2) is 5.84. The number of carbonyl (C=O) groups is 1. The first-order valence-electron chi connectivity index (χ1n) is 5.91. The molecule has 0 aliphatic heterocycles. The summed E-state index contributed by atoms with van der Waals surface area (Å²) in [6.45, 7) is 0. The Morgan fingerprint density at radius 1 is 1.55 bits per heavy atom. The summed E-state index contributed by atoms with van der Waals surface area (Å²) in [5, 5.41) is 8.79. The van der Waals surface area contributed by atoms with Crippen LogP contribution in [-0.2, 0) is 14.8 Å². The number of rotatable bonds is 5. The van der Waals surface area contributed by atoms with Gasteiger partial charge in [-0.15, -0.1) is 0 Å². The Morgan fingerprint density at radius 2 is 2.25 bits per heavy atom. The standard InChI is InChI=1S/C11H14BrNO6S/c1-18-7-3-2-6(4-7)13-20(16,17)9-5-8(11(14)15)19-10(9)12/h5-7,13H,2-4H2,1H3,(H,14,15). The Labute approximate surface area is 124 Å². The van der Waals surface area contributed by atoms with Gasteiger partial charge in [0, 0.05) is 19.2 Å². The fourth-order valence-electron chi connectivity index (χ4n) is 2.18. The molecule has 1 aliphatic rings. The van der Waals surface area contributed by atoms with Gasteiger partial charge < -0.3 is 14.3 Å². The lowest BCUT2D eigenvalue weighted by Gasteiger charge is -2.12. The average molecular weight is 368 g/mol. The van der Waals surface area contributed by atoms with E-state index in [-0.39, 0.29) is 21.7 Å². The number of hydrogen-bond acceptors (Lipinski definition) is 5. The van der Waals surface area contributed by atoms with Crippen LogP contribution >= 0.6 is 15.9 Å². The van der Waals surface area contributed by atoms with Crippen molar-refractivity contribution in [1.82, 2.24) is 4.72 Å². The SMILES string of the molecule is COC1CCC(NS(=O)(=O)c2cc(C(=O)O)oc2Br)C1. The fourth-order valence-corrected chi connectivity index (χ4v) is 4.41. The number of hydrogen-bond donors (Lipinski definition) is 2. The molecule has 0 radical (unpaired) electrons. The number of nitrogens with one attached hydrogen (secondary N) is 1. The lowest BCUT2D eigenvalue weighted by Crippen LogP contribution is -2.33. The van der Waals surface area contributed by atoms with E-state index >= 15 is 0 Å². The molecule has 2 N–H and O–H groups in total.